The number of nitrogens with zero attached hydrogens (tertiary/aromatic N) is 1. The van der Waals surface area contributed by atoms with Gasteiger partial charge >= 0.3 is 0 Å². The first-order valence-electron chi connectivity index (χ1n) is 7.90. The Labute approximate surface area is 127 Å². The molecule has 1 N–H and O–H groups in total. The molecule has 120 valence electrons. The van der Waals surface area contributed by atoms with Crippen LogP contribution in [0.3, 0.4) is 0 Å². The number of methoxy groups -OCH3 is 1. The number of piperazine rings is 1. The molecule has 0 aromatic rings. The predicted octanol–water partition coefficient (Wildman–Crippen LogP) is 1.71. The Balaban J connectivity index is 2.42. The van der Waals surface area contributed by atoms with Crippen LogP contribution in [0.4, 0.5) is 0 Å². The van der Waals surface area contributed by atoms with Crippen molar-refractivity contribution in [1.82, 2.24) is 10.2 Å². The van der Waals surface area contributed by atoms with Crippen molar-refractivity contribution in [2.75, 3.05) is 13.7 Å². The number of carbonyl (C=O) groups is 2. The van der Waals surface area contributed by atoms with Crippen molar-refractivity contribution in [3.05, 3.63) is 0 Å². The lowest BCUT2D eigenvalue weighted by Crippen LogP contribution is -2.74. The molecule has 0 bridgehead atoms. The van der Waals surface area contributed by atoms with Crippen LogP contribution in [0.2, 0.25) is 0 Å². The highest BCUT2D eigenvalue weighted by Crippen LogP contribution is 2.38. The van der Waals surface area contributed by atoms with Gasteiger partial charge in [0, 0.05) is 7.11 Å². The third-order valence-electron chi connectivity index (χ3n) is 4.78. The van der Waals surface area contributed by atoms with Crippen molar-refractivity contribution in [2.45, 2.75) is 70.5 Å². The van der Waals surface area contributed by atoms with Crippen LogP contribution in [-0.2, 0) is 14.3 Å². The van der Waals surface area contributed by atoms with Crippen molar-refractivity contribution in [3.63, 3.8) is 0 Å². The van der Waals surface area contributed by atoms with Gasteiger partial charge in [-0.25, -0.2) is 0 Å². The minimum absolute atomic E-state index is 0.0179. The van der Waals surface area contributed by atoms with Crippen LogP contribution in [0.15, 0.2) is 0 Å². The fourth-order valence-electron chi connectivity index (χ4n) is 3.83. The molecule has 21 heavy (non-hydrogen) atoms. The largest absolute Gasteiger partial charge is 0.382 e. The van der Waals surface area contributed by atoms with Gasteiger partial charge in [0.25, 0.3) is 0 Å². The molecule has 1 spiro atoms. The molecule has 1 atom stereocenters. The average Bonchev–Trinajstić information content (AvgIpc) is 2.82. The predicted molar refractivity (Wildman–Crippen MR) is 80.8 cm³/mol. The van der Waals surface area contributed by atoms with E-state index in [4.69, 9.17) is 4.74 Å². The number of ether oxygens (including phenoxy) is 1. The summed E-state index contributed by atoms with van der Waals surface area (Å²) in [6.45, 7) is 8.35. The van der Waals surface area contributed by atoms with Gasteiger partial charge < -0.3 is 15.0 Å². The van der Waals surface area contributed by atoms with E-state index in [-0.39, 0.29) is 17.7 Å². The molecule has 1 saturated carbocycles. The summed E-state index contributed by atoms with van der Waals surface area (Å²) in [4.78, 5) is 27.6. The fourth-order valence-corrected chi connectivity index (χ4v) is 3.83. The summed E-state index contributed by atoms with van der Waals surface area (Å²) in [5.74, 6) is 0.125. The monoisotopic (exact) mass is 296 g/mol. The molecule has 1 unspecified atom stereocenters. The normalized spacial score (nSPS) is 25.8. The first kappa shape index (κ1) is 16.3. The summed E-state index contributed by atoms with van der Waals surface area (Å²) in [6.07, 6.45) is 3.50. The van der Waals surface area contributed by atoms with Gasteiger partial charge in [-0.3, -0.25) is 9.59 Å². The molecule has 2 amide bonds. The van der Waals surface area contributed by atoms with Gasteiger partial charge in [0.15, 0.2) is 0 Å². The Morgan fingerprint density at radius 1 is 1.33 bits per heavy atom. The molecule has 1 saturated heterocycles. The van der Waals surface area contributed by atoms with Crippen LogP contribution in [-0.4, -0.2) is 47.6 Å². The molecule has 0 aromatic heterocycles. The zero-order chi connectivity index (χ0) is 15.8. The summed E-state index contributed by atoms with van der Waals surface area (Å²) >= 11 is 0. The van der Waals surface area contributed by atoms with E-state index in [1.807, 2.05) is 27.7 Å². The lowest BCUT2D eigenvalue weighted by molar-refractivity contribution is -0.166. The van der Waals surface area contributed by atoms with Crippen LogP contribution in [0.5, 0.6) is 0 Å². The van der Waals surface area contributed by atoms with Crippen LogP contribution < -0.4 is 5.32 Å². The second kappa shape index (κ2) is 5.59. The lowest BCUT2D eigenvalue weighted by Gasteiger charge is -2.52. The molecule has 2 fully saturated rings. The van der Waals surface area contributed by atoms with Crippen molar-refractivity contribution >= 4 is 11.8 Å². The first-order chi connectivity index (χ1) is 9.75. The van der Waals surface area contributed by atoms with Gasteiger partial charge in [-0.15, -0.1) is 0 Å². The van der Waals surface area contributed by atoms with Crippen LogP contribution in [0.25, 0.3) is 0 Å². The number of rotatable bonds is 4. The first-order valence-corrected chi connectivity index (χ1v) is 7.90. The Hall–Kier alpha value is -1.10. The van der Waals surface area contributed by atoms with E-state index in [9.17, 15) is 9.59 Å². The second-order valence-corrected chi connectivity index (χ2v) is 7.39. The molecule has 2 rings (SSSR count). The third kappa shape index (κ3) is 2.68. The lowest BCUT2D eigenvalue weighted by atomic mass is 9.84. The minimum atomic E-state index is -0.673. The second-order valence-electron chi connectivity index (χ2n) is 7.39. The van der Waals surface area contributed by atoms with Crippen LogP contribution in [0, 0.1) is 5.92 Å². The molecule has 2 aliphatic rings. The third-order valence-corrected chi connectivity index (χ3v) is 4.78. The van der Waals surface area contributed by atoms with Gasteiger partial charge in [-0.2, -0.15) is 0 Å². The summed E-state index contributed by atoms with van der Waals surface area (Å²) in [5.41, 5.74) is -1.17. The van der Waals surface area contributed by atoms with Crippen molar-refractivity contribution < 1.29 is 14.3 Å². The van der Waals surface area contributed by atoms with Gasteiger partial charge in [0.05, 0.1) is 12.1 Å². The zero-order valence-electron chi connectivity index (χ0n) is 13.9. The van der Waals surface area contributed by atoms with Crippen LogP contribution in [0.1, 0.15) is 53.4 Å². The Morgan fingerprint density at radius 2 is 1.90 bits per heavy atom. The number of carbonyl (C=O) groups excluding carboxylic acids is 2. The number of nitrogens with one attached hydrogen (secondary N) is 1. The Kier molecular flexibility index (Phi) is 4.34. The smallest absolute Gasteiger partial charge is 0.249 e. The summed E-state index contributed by atoms with van der Waals surface area (Å²) < 4.78 is 5.30. The van der Waals surface area contributed by atoms with E-state index in [2.05, 4.69) is 5.32 Å². The van der Waals surface area contributed by atoms with Gasteiger partial charge in [-0.1, -0.05) is 26.7 Å². The highest BCUT2D eigenvalue weighted by molar-refractivity contribution is 6.00. The van der Waals surface area contributed by atoms with Gasteiger partial charge in [0.2, 0.25) is 11.8 Å². The molecule has 5 nitrogen and oxygen atoms in total. The highest BCUT2D eigenvalue weighted by Gasteiger charge is 2.56. The van der Waals surface area contributed by atoms with E-state index in [1.165, 1.54) is 0 Å². The fraction of sp³-hybridized carbons (Fsp3) is 0.875. The van der Waals surface area contributed by atoms with Crippen molar-refractivity contribution in [1.29, 1.82) is 0 Å². The van der Waals surface area contributed by atoms with E-state index >= 15 is 0 Å². The number of hydrogen-bond acceptors (Lipinski definition) is 3. The topological polar surface area (TPSA) is 58.6 Å². The molecule has 0 aromatic carbocycles. The van der Waals surface area contributed by atoms with E-state index in [0.29, 0.717) is 6.61 Å². The summed E-state index contributed by atoms with van der Waals surface area (Å²) in [6, 6.07) is -0.422. The average molecular weight is 296 g/mol. The van der Waals surface area contributed by atoms with Gasteiger partial charge in [-0.05, 0) is 32.6 Å². The maximum atomic E-state index is 13.2. The molecular formula is C16H28N2O3. The molecular weight excluding hydrogens is 268 g/mol. The van der Waals surface area contributed by atoms with Crippen LogP contribution >= 0.6 is 0 Å². The number of hydrogen-bond donors (Lipinski definition) is 1. The van der Waals surface area contributed by atoms with Gasteiger partial charge in [0.1, 0.15) is 11.6 Å². The highest BCUT2D eigenvalue weighted by atomic mass is 16.5. The zero-order valence-corrected chi connectivity index (χ0v) is 13.9. The van der Waals surface area contributed by atoms with E-state index in [1.54, 1.807) is 12.0 Å². The summed E-state index contributed by atoms with van der Waals surface area (Å²) in [5, 5.41) is 3.05. The van der Waals surface area contributed by atoms with Crippen molar-refractivity contribution in [2.24, 2.45) is 5.92 Å². The molecule has 1 heterocycles. The maximum absolute atomic E-state index is 13.2. The molecule has 1 aliphatic carbocycles. The molecule has 5 heteroatoms. The Bertz CT molecular complexity index is 425. The summed E-state index contributed by atoms with van der Waals surface area (Å²) in [7, 11) is 1.63. The van der Waals surface area contributed by atoms with Crippen molar-refractivity contribution in [3.8, 4) is 0 Å². The quantitative estimate of drug-likeness (QED) is 0.859. The SMILES string of the molecule is COCC(C)(C)N1C(=O)C2(CCCC2)NC(=O)C1C(C)C. The number of amides is 2. The molecule has 0 radical (unpaired) electrons. The standard InChI is InChI=1S/C16H28N2O3/c1-11(2)12-13(19)17-16(8-6-7-9-16)14(20)18(12)15(3,4)10-21-5/h11-12H,6-10H2,1-5H3,(H,17,19). The maximum Gasteiger partial charge on any atom is 0.249 e. The molecule has 1 aliphatic heterocycles. The van der Waals surface area contributed by atoms with E-state index in [0.717, 1.165) is 25.7 Å². The minimum Gasteiger partial charge on any atom is -0.382 e. The Morgan fingerprint density at radius 3 is 2.38 bits per heavy atom. The van der Waals surface area contributed by atoms with E-state index < -0.39 is 17.1 Å².